The van der Waals surface area contributed by atoms with E-state index in [-0.39, 0.29) is 26.8 Å². The number of hydrogen-bond acceptors (Lipinski definition) is 8. The van der Waals surface area contributed by atoms with Crippen molar-refractivity contribution in [3.8, 4) is 0 Å². The Morgan fingerprint density at radius 1 is 1.16 bits per heavy atom. The molecule has 31 heavy (non-hydrogen) atoms. The molecule has 0 atom stereocenters. The number of hydrogen-bond donors (Lipinski definition) is 1. The molecule has 1 N–H and O–H groups in total. The Hall–Kier alpha value is -2.80. The van der Waals surface area contributed by atoms with E-state index in [1.807, 2.05) is 0 Å². The summed E-state index contributed by atoms with van der Waals surface area (Å²) < 4.78 is 92.2. The molecule has 0 aliphatic rings. The minimum absolute atomic E-state index is 0.178. The second kappa shape index (κ2) is 7.12. The van der Waals surface area contributed by atoms with Crippen LogP contribution in [0.1, 0.15) is 24.9 Å². The summed E-state index contributed by atoms with van der Waals surface area (Å²) in [5.41, 5.74) is -2.09. The highest BCUT2D eigenvalue weighted by molar-refractivity contribution is 7.91. The SMILES string of the molecule is [2H]C([2H])([2H])N(C(=O)OC(C)(C)C)c1cc(F)cc2c1[nH]c1nc(S(C)(=O)=O)nc(S(C)(=O)=O)c12. The maximum Gasteiger partial charge on any atom is 0.414 e. The Morgan fingerprint density at radius 2 is 1.81 bits per heavy atom. The number of nitrogens with zero attached hydrogens (tertiary/aromatic N) is 3. The number of anilines is 1. The average Bonchev–Trinajstić information content (AvgIpc) is 2.95. The van der Waals surface area contributed by atoms with Gasteiger partial charge in [0.15, 0.2) is 14.9 Å². The van der Waals surface area contributed by atoms with Crippen molar-refractivity contribution in [2.75, 3.05) is 24.4 Å². The first kappa shape index (κ1) is 18.9. The topological polar surface area (TPSA) is 139 Å². The lowest BCUT2D eigenvalue weighted by molar-refractivity contribution is 0.0589. The van der Waals surface area contributed by atoms with Gasteiger partial charge < -0.3 is 9.72 Å². The average molecular weight is 476 g/mol. The maximum absolute atomic E-state index is 14.7. The molecular formula is C18H21FN4O6S2. The van der Waals surface area contributed by atoms with E-state index in [2.05, 4.69) is 15.0 Å². The fourth-order valence-corrected chi connectivity index (χ4v) is 4.21. The standard InChI is InChI=1S/C18H21FN4O6S2/c1-18(2,3)29-17(24)23(4)11-8-9(19)7-10-12-14(20-13(10)11)21-16(31(6,27)28)22-15(12)30(5,25)26/h7-8H,1-6H3,(H,20,21,22)/i4D3. The Balaban J connectivity index is 2.50. The molecule has 0 fully saturated rings. The minimum atomic E-state index is -4.16. The molecule has 2 aromatic heterocycles. The fourth-order valence-electron chi connectivity index (χ4n) is 2.81. The van der Waals surface area contributed by atoms with Crippen molar-refractivity contribution in [1.29, 1.82) is 0 Å². The van der Waals surface area contributed by atoms with Crippen LogP contribution >= 0.6 is 0 Å². The van der Waals surface area contributed by atoms with E-state index < -0.39 is 60.0 Å². The zero-order valence-electron chi connectivity index (χ0n) is 20.1. The number of carbonyl (C=O) groups excluding carboxylic acids is 1. The molecule has 0 unspecified atom stereocenters. The van der Waals surface area contributed by atoms with Crippen molar-refractivity contribution in [3.05, 3.63) is 17.9 Å². The Morgan fingerprint density at radius 3 is 2.32 bits per heavy atom. The van der Waals surface area contributed by atoms with Crippen LogP contribution in [-0.4, -0.2) is 63.0 Å². The molecule has 1 aromatic carbocycles. The first-order valence-electron chi connectivity index (χ1n) is 10.2. The van der Waals surface area contributed by atoms with Crippen molar-refractivity contribution in [1.82, 2.24) is 15.0 Å². The van der Waals surface area contributed by atoms with Gasteiger partial charge in [0.2, 0.25) is 15.0 Å². The van der Waals surface area contributed by atoms with Crippen LogP contribution in [0.5, 0.6) is 0 Å². The number of sulfone groups is 2. The summed E-state index contributed by atoms with van der Waals surface area (Å²) in [4.78, 5) is 23.1. The summed E-state index contributed by atoms with van der Waals surface area (Å²) in [7, 11) is -8.22. The predicted molar refractivity (Wildman–Crippen MR) is 112 cm³/mol. The third kappa shape index (κ3) is 4.46. The van der Waals surface area contributed by atoms with Crippen LogP contribution in [0, 0.1) is 5.82 Å². The Kier molecular flexibility index (Phi) is 4.35. The van der Waals surface area contributed by atoms with E-state index in [0.717, 1.165) is 24.6 Å². The number of halogens is 1. The van der Waals surface area contributed by atoms with Crippen molar-refractivity contribution in [2.45, 2.75) is 36.6 Å². The lowest BCUT2D eigenvalue weighted by Crippen LogP contribution is -2.34. The lowest BCUT2D eigenvalue weighted by atomic mass is 10.1. The first-order valence-corrected chi connectivity index (χ1v) is 12.4. The first-order chi connectivity index (χ1) is 15.2. The van der Waals surface area contributed by atoms with E-state index >= 15 is 0 Å². The van der Waals surface area contributed by atoms with Gasteiger partial charge in [0.05, 0.1) is 16.6 Å². The highest BCUT2D eigenvalue weighted by Gasteiger charge is 2.28. The normalized spacial score (nSPS) is 14.8. The number of amides is 1. The van der Waals surface area contributed by atoms with Gasteiger partial charge in [-0.15, -0.1) is 0 Å². The van der Waals surface area contributed by atoms with E-state index in [9.17, 15) is 26.0 Å². The van der Waals surface area contributed by atoms with Crippen LogP contribution in [0.4, 0.5) is 14.9 Å². The number of rotatable bonds is 3. The smallest absolute Gasteiger partial charge is 0.414 e. The summed E-state index contributed by atoms with van der Waals surface area (Å²) in [6, 6.07) is 1.64. The zero-order chi connectivity index (χ0) is 26.0. The molecule has 3 aromatic rings. The second-order valence-electron chi connectivity index (χ2n) is 7.87. The second-order valence-corrected chi connectivity index (χ2v) is 11.7. The molecular weight excluding hydrogens is 451 g/mol. The van der Waals surface area contributed by atoms with Crippen molar-refractivity contribution in [2.24, 2.45) is 0 Å². The number of nitrogens with one attached hydrogen (secondary N) is 1. The van der Waals surface area contributed by atoms with E-state index in [1.165, 1.54) is 20.8 Å². The van der Waals surface area contributed by atoms with E-state index in [4.69, 9.17) is 8.85 Å². The number of ether oxygens (including phenoxy) is 1. The van der Waals surface area contributed by atoms with Crippen LogP contribution in [0.3, 0.4) is 0 Å². The molecule has 0 aliphatic carbocycles. The van der Waals surface area contributed by atoms with Crippen molar-refractivity contribution in [3.63, 3.8) is 0 Å². The number of H-pyrrole nitrogens is 1. The lowest BCUT2D eigenvalue weighted by Gasteiger charge is -2.25. The third-order valence-electron chi connectivity index (χ3n) is 3.95. The molecule has 0 aliphatic heterocycles. The Labute approximate surface area is 182 Å². The molecule has 168 valence electrons. The minimum Gasteiger partial charge on any atom is -0.443 e. The van der Waals surface area contributed by atoms with E-state index in [0.29, 0.717) is 0 Å². The summed E-state index contributed by atoms with van der Waals surface area (Å²) in [6.45, 7) is 1.39. The molecule has 2 heterocycles. The fraction of sp³-hybridized carbons (Fsp3) is 0.389. The van der Waals surface area contributed by atoms with Gasteiger partial charge in [0.25, 0.3) is 0 Å². The van der Waals surface area contributed by atoms with Crippen LogP contribution in [-0.2, 0) is 24.4 Å². The molecule has 0 spiro atoms. The van der Waals surface area contributed by atoms with E-state index in [1.54, 1.807) is 0 Å². The van der Waals surface area contributed by atoms with Crippen molar-refractivity contribution < 1.29 is 34.9 Å². The zero-order valence-corrected chi connectivity index (χ0v) is 18.8. The summed E-state index contributed by atoms with van der Waals surface area (Å²) in [6.07, 6.45) is 0.228. The summed E-state index contributed by atoms with van der Waals surface area (Å²) in [5, 5.41) is -1.96. The molecule has 0 radical (unpaired) electrons. The molecule has 0 bridgehead atoms. The van der Waals surface area contributed by atoms with Crippen LogP contribution in [0.15, 0.2) is 22.3 Å². The van der Waals surface area contributed by atoms with Gasteiger partial charge in [-0.1, -0.05) is 0 Å². The van der Waals surface area contributed by atoms with Gasteiger partial charge in [0.1, 0.15) is 17.1 Å². The Bertz CT molecular complexity index is 1540. The highest BCUT2D eigenvalue weighted by Crippen LogP contribution is 2.36. The molecule has 1 amide bonds. The number of aromatic nitrogens is 3. The molecule has 10 nitrogen and oxygen atoms in total. The summed E-state index contributed by atoms with van der Waals surface area (Å²) >= 11 is 0. The number of fused-ring (bicyclic) bond motifs is 3. The van der Waals surface area contributed by atoms with Gasteiger partial charge in [-0.25, -0.2) is 36.0 Å². The van der Waals surface area contributed by atoms with Crippen LogP contribution < -0.4 is 4.90 Å². The quantitative estimate of drug-likeness (QED) is 0.450. The molecule has 13 heteroatoms. The number of benzene rings is 1. The van der Waals surface area contributed by atoms with Gasteiger partial charge in [-0.05, 0) is 32.9 Å². The van der Waals surface area contributed by atoms with Crippen LogP contribution in [0.25, 0.3) is 21.9 Å². The third-order valence-corrected chi connectivity index (χ3v) is 5.79. The van der Waals surface area contributed by atoms with Crippen LogP contribution in [0.2, 0.25) is 0 Å². The largest absolute Gasteiger partial charge is 0.443 e. The molecule has 0 saturated heterocycles. The van der Waals surface area contributed by atoms with Gasteiger partial charge in [0, 0.05) is 29.0 Å². The number of carbonyl (C=O) groups is 1. The number of aromatic amines is 1. The summed E-state index contributed by atoms with van der Waals surface area (Å²) in [5.74, 6) is -1.01. The van der Waals surface area contributed by atoms with Gasteiger partial charge in [-0.3, -0.25) is 4.90 Å². The predicted octanol–water partition coefficient (Wildman–Crippen LogP) is 2.43. The van der Waals surface area contributed by atoms with Crippen molar-refractivity contribution >= 4 is 53.4 Å². The molecule has 0 saturated carbocycles. The maximum atomic E-state index is 14.7. The van der Waals surface area contributed by atoms with Gasteiger partial charge >= 0.3 is 6.09 Å². The highest BCUT2D eigenvalue weighted by atomic mass is 32.2. The van der Waals surface area contributed by atoms with Gasteiger partial charge in [-0.2, -0.15) is 0 Å². The molecule has 3 rings (SSSR count). The monoisotopic (exact) mass is 475 g/mol.